The Morgan fingerprint density at radius 1 is 1.22 bits per heavy atom. The van der Waals surface area contributed by atoms with Crippen LogP contribution in [0, 0.1) is 0 Å². The molecule has 2 aromatic rings. The number of nitrogens with zero attached hydrogens (tertiary/aromatic N) is 2. The van der Waals surface area contributed by atoms with Crippen molar-refractivity contribution in [3.63, 3.8) is 0 Å². The van der Waals surface area contributed by atoms with Crippen molar-refractivity contribution in [2.75, 3.05) is 12.4 Å². The molecule has 0 radical (unpaired) electrons. The highest BCUT2D eigenvalue weighted by Crippen LogP contribution is 2.30. The molecule has 0 unspecified atom stereocenters. The van der Waals surface area contributed by atoms with Crippen molar-refractivity contribution in [3.8, 4) is 17.0 Å². The molecule has 4 heteroatoms. The maximum absolute atomic E-state index is 5.35. The summed E-state index contributed by atoms with van der Waals surface area (Å²) >= 11 is 0. The first-order valence-electron chi connectivity index (χ1n) is 6.09. The number of aromatic nitrogens is 2. The molecule has 0 saturated heterocycles. The van der Waals surface area contributed by atoms with Gasteiger partial charge in [-0.3, -0.25) is 0 Å². The van der Waals surface area contributed by atoms with Crippen LogP contribution in [0.25, 0.3) is 11.3 Å². The smallest absolute Gasteiger partial charge is 0.130 e. The lowest BCUT2D eigenvalue weighted by atomic mass is 10.1. The Morgan fingerprint density at radius 2 is 2.06 bits per heavy atom. The minimum atomic E-state index is 0.588. The van der Waals surface area contributed by atoms with E-state index < -0.39 is 0 Å². The summed E-state index contributed by atoms with van der Waals surface area (Å²) in [5, 5.41) is 3.37. The second-order valence-electron chi connectivity index (χ2n) is 4.41. The van der Waals surface area contributed by atoms with E-state index in [9.17, 15) is 0 Å². The Hall–Kier alpha value is -2.10. The fourth-order valence-electron chi connectivity index (χ4n) is 1.88. The molecule has 1 N–H and O–H groups in total. The lowest BCUT2D eigenvalue weighted by molar-refractivity contribution is 0.416. The quantitative estimate of drug-likeness (QED) is 0.894. The van der Waals surface area contributed by atoms with Gasteiger partial charge < -0.3 is 10.1 Å². The van der Waals surface area contributed by atoms with Crippen LogP contribution in [0.15, 0.2) is 36.7 Å². The third-order valence-corrected chi connectivity index (χ3v) is 2.98. The molecule has 0 bridgehead atoms. The van der Waals surface area contributed by atoms with Crippen molar-refractivity contribution in [2.45, 2.75) is 18.9 Å². The fraction of sp³-hybridized carbons (Fsp3) is 0.286. The summed E-state index contributed by atoms with van der Waals surface area (Å²) in [5.74, 6) is 1.71. The third kappa shape index (κ3) is 2.27. The molecule has 1 aromatic heterocycles. The van der Waals surface area contributed by atoms with Crippen molar-refractivity contribution in [3.05, 3.63) is 36.7 Å². The molecular formula is C14H15N3O. The van der Waals surface area contributed by atoms with Crippen molar-refractivity contribution >= 4 is 5.82 Å². The standard InChI is InChI=1S/C14H15N3O/c1-18-13-5-3-2-4-11(13)12-8-14(16-9-15-12)17-10-6-7-10/h2-5,8-10H,6-7H2,1H3,(H,15,16,17). The van der Waals surface area contributed by atoms with Crippen LogP contribution in [-0.2, 0) is 0 Å². The number of benzene rings is 1. The zero-order valence-electron chi connectivity index (χ0n) is 10.3. The maximum atomic E-state index is 5.35. The molecule has 3 rings (SSSR count). The molecule has 1 aliphatic rings. The van der Waals surface area contributed by atoms with Gasteiger partial charge in [-0.1, -0.05) is 12.1 Å². The molecule has 0 aliphatic heterocycles. The molecule has 1 saturated carbocycles. The molecule has 0 amide bonds. The first-order valence-corrected chi connectivity index (χ1v) is 6.09. The van der Waals surface area contributed by atoms with Gasteiger partial charge in [-0.2, -0.15) is 0 Å². The van der Waals surface area contributed by atoms with Gasteiger partial charge in [0.25, 0.3) is 0 Å². The molecule has 1 fully saturated rings. The number of hydrogen-bond acceptors (Lipinski definition) is 4. The van der Waals surface area contributed by atoms with Gasteiger partial charge in [0, 0.05) is 17.7 Å². The summed E-state index contributed by atoms with van der Waals surface area (Å²) in [6.07, 6.45) is 4.05. The van der Waals surface area contributed by atoms with E-state index in [1.807, 2.05) is 30.3 Å². The lowest BCUT2D eigenvalue weighted by Crippen LogP contribution is -2.03. The largest absolute Gasteiger partial charge is 0.496 e. The van der Waals surface area contributed by atoms with Gasteiger partial charge in [0.05, 0.1) is 12.8 Å². The van der Waals surface area contributed by atoms with E-state index in [0.717, 1.165) is 22.8 Å². The SMILES string of the molecule is COc1ccccc1-c1cc(NC2CC2)ncn1. The highest BCUT2D eigenvalue weighted by molar-refractivity contribution is 5.68. The predicted molar refractivity (Wildman–Crippen MR) is 70.7 cm³/mol. The van der Waals surface area contributed by atoms with Crippen LogP contribution < -0.4 is 10.1 Å². The molecular weight excluding hydrogens is 226 g/mol. The Morgan fingerprint density at radius 3 is 2.83 bits per heavy atom. The predicted octanol–water partition coefficient (Wildman–Crippen LogP) is 2.73. The summed E-state index contributed by atoms with van der Waals surface area (Å²) < 4.78 is 5.35. The van der Waals surface area contributed by atoms with Crippen molar-refractivity contribution in [1.29, 1.82) is 0 Å². The third-order valence-electron chi connectivity index (χ3n) is 2.98. The van der Waals surface area contributed by atoms with Crippen LogP contribution in [0.3, 0.4) is 0 Å². The zero-order valence-corrected chi connectivity index (χ0v) is 10.3. The van der Waals surface area contributed by atoms with Crippen molar-refractivity contribution < 1.29 is 4.74 Å². The fourth-order valence-corrected chi connectivity index (χ4v) is 1.88. The number of methoxy groups -OCH3 is 1. The van der Waals surface area contributed by atoms with E-state index in [4.69, 9.17) is 4.74 Å². The Bertz CT molecular complexity index is 552. The van der Waals surface area contributed by atoms with Crippen LogP contribution in [0.2, 0.25) is 0 Å². The average molecular weight is 241 g/mol. The topological polar surface area (TPSA) is 47.0 Å². The van der Waals surface area contributed by atoms with Gasteiger partial charge in [-0.25, -0.2) is 9.97 Å². The highest BCUT2D eigenvalue weighted by atomic mass is 16.5. The van der Waals surface area contributed by atoms with E-state index in [1.54, 1.807) is 13.4 Å². The molecule has 0 atom stereocenters. The summed E-state index contributed by atoms with van der Waals surface area (Å²) in [6, 6.07) is 10.4. The van der Waals surface area contributed by atoms with Gasteiger partial charge in [-0.05, 0) is 25.0 Å². The van der Waals surface area contributed by atoms with Gasteiger partial charge in [-0.15, -0.1) is 0 Å². The van der Waals surface area contributed by atoms with Gasteiger partial charge in [0.1, 0.15) is 17.9 Å². The van der Waals surface area contributed by atoms with E-state index in [-0.39, 0.29) is 0 Å². The molecule has 1 aliphatic carbocycles. The monoisotopic (exact) mass is 241 g/mol. The average Bonchev–Trinajstić information content (AvgIpc) is 3.23. The Balaban J connectivity index is 1.94. The highest BCUT2D eigenvalue weighted by Gasteiger charge is 2.21. The summed E-state index contributed by atoms with van der Waals surface area (Å²) in [5.41, 5.74) is 1.87. The number of hydrogen-bond donors (Lipinski definition) is 1. The summed E-state index contributed by atoms with van der Waals surface area (Å²) in [6.45, 7) is 0. The minimum absolute atomic E-state index is 0.588. The van der Waals surface area contributed by atoms with E-state index in [2.05, 4.69) is 15.3 Å². The van der Waals surface area contributed by atoms with E-state index >= 15 is 0 Å². The second-order valence-corrected chi connectivity index (χ2v) is 4.41. The summed E-state index contributed by atoms with van der Waals surface area (Å²) in [4.78, 5) is 8.55. The Labute approximate surface area is 106 Å². The molecule has 1 aromatic carbocycles. The molecule has 18 heavy (non-hydrogen) atoms. The van der Waals surface area contributed by atoms with Crippen LogP contribution >= 0.6 is 0 Å². The first-order chi connectivity index (χ1) is 8.86. The molecule has 1 heterocycles. The zero-order chi connectivity index (χ0) is 12.4. The number of para-hydroxylation sites is 1. The van der Waals surface area contributed by atoms with Crippen LogP contribution in [0.5, 0.6) is 5.75 Å². The number of ether oxygens (including phenoxy) is 1. The van der Waals surface area contributed by atoms with Gasteiger partial charge in [0.2, 0.25) is 0 Å². The summed E-state index contributed by atoms with van der Waals surface area (Å²) in [7, 11) is 1.67. The maximum Gasteiger partial charge on any atom is 0.130 e. The van der Waals surface area contributed by atoms with Crippen molar-refractivity contribution in [1.82, 2.24) is 9.97 Å². The number of rotatable bonds is 4. The molecule has 92 valence electrons. The molecule has 0 spiro atoms. The second kappa shape index (κ2) is 4.64. The van der Waals surface area contributed by atoms with Gasteiger partial charge in [0.15, 0.2) is 0 Å². The lowest BCUT2D eigenvalue weighted by Gasteiger charge is -2.09. The molecule has 4 nitrogen and oxygen atoms in total. The van der Waals surface area contributed by atoms with Crippen LogP contribution in [0.1, 0.15) is 12.8 Å². The van der Waals surface area contributed by atoms with Crippen molar-refractivity contribution in [2.24, 2.45) is 0 Å². The Kier molecular flexibility index (Phi) is 2.84. The van der Waals surface area contributed by atoms with E-state index in [0.29, 0.717) is 6.04 Å². The first kappa shape index (κ1) is 11.0. The van der Waals surface area contributed by atoms with Crippen LogP contribution in [0.4, 0.5) is 5.82 Å². The van der Waals surface area contributed by atoms with E-state index in [1.165, 1.54) is 12.8 Å². The van der Waals surface area contributed by atoms with Crippen LogP contribution in [-0.4, -0.2) is 23.1 Å². The van der Waals surface area contributed by atoms with Gasteiger partial charge >= 0.3 is 0 Å². The number of nitrogens with one attached hydrogen (secondary N) is 1. The number of anilines is 1. The normalized spacial score (nSPS) is 14.3. The minimum Gasteiger partial charge on any atom is -0.496 e.